The number of nitrogens with zero attached hydrogens (tertiary/aromatic N) is 1. The minimum Gasteiger partial charge on any atom is -0.493 e. The van der Waals surface area contributed by atoms with Gasteiger partial charge in [0.05, 0.1) is 25.3 Å². The molecule has 1 aliphatic heterocycles. The molecule has 1 aliphatic rings. The van der Waals surface area contributed by atoms with Crippen molar-refractivity contribution in [2.24, 2.45) is 0 Å². The van der Waals surface area contributed by atoms with Crippen LogP contribution in [-0.2, 0) is 16.1 Å². The highest BCUT2D eigenvalue weighted by Gasteiger charge is 2.29. The van der Waals surface area contributed by atoms with Gasteiger partial charge in [0.25, 0.3) is 5.24 Å². The fourth-order valence-electron chi connectivity index (χ4n) is 2.84. The number of hydrogen-bond donors (Lipinski definition) is 1. The smallest absolute Gasteiger partial charge is 0.289 e. The van der Waals surface area contributed by atoms with Crippen molar-refractivity contribution in [3.05, 3.63) is 59.7 Å². The molecule has 0 aromatic heterocycles. The van der Waals surface area contributed by atoms with Crippen LogP contribution >= 0.6 is 11.8 Å². The molecule has 1 fully saturated rings. The van der Waals surface area contributed by atoms with Crippen molar-refractivity contribution in [3.63, 3.8) is 0 Å². The summed E-state index contributed by atoms with van der Waals surface area (Å²) in [6, 6.07) is 15.0. The Morgan fingerprint density at radius 1 is 1.10 bits per heavy atom. The molecule has 2 aromatic rings. The summed E-state index contributed by atoms with van der Waals surface area (Å²) in [7, 11) is 0. The monoisotopic (exact) mass is 412 g/mol. The van der Waals surface area contributed by atoms with E-state index in [1.165, 1.54) is 10.5 Å². The first kappa shape index (κ1) is 20.9. The average molecular weight is 413 g/mol. The zero-order valence-electron chi connectivity index (χ0n) is 16.5. The molecule has 0 unspecified atom stereocenters. The number of imide groups is 1. The number of benzene rings is 2. The molecule has 0 atom stereocenters. The highest BCUT2D eigenvalue weighted by atomic mass is 32.2. The van der Waals surface area contributed by atoms with E-state index in [4.69, 9.17) is 4.74 Å². The van der Waals surface area contributed by atoms with E-state index in [-0.39, 0.29) is 35.8 Å². The first-order valence-corrected chi connectivity index (χ1v) is 10.5. The standard InChI is InChI=1S/C22H24N2O4S/c1-15(2)17-5-9-19(10-6-17)28-12-11-20(25)23-18-7-3-16(4-8-18)13-24-21(26)14-29-22(24)27/h3-10,15H,11-14H2,1-2H3,(H,23,25). The van der Waals surface area contributed by atoms with E-state index in [0.29, 0.717) is 18.2 Å². The maximum absolute atomic E-state index is 12.1. The Hall–Kier alpha value is -2.80. The van der Waals surface area contributed by atoms with Crippen LogP contribution in [-0.4, -0.2) is 34.3 Å². The third-order valence-corrected chi connectivity index (χ3v) is 5.42. The van der Waals surface area contributed by atoms with E-state index in [2.05, 4.69) is 19.2 Å². The highest BCUT2D eigenvalue weighted by Crippen LogP contribution is 2.22. The Morgan fingerprint density at radius 2 is 1.79 bits per heavy atom. The van der Waals surface area contributed by atoms with Crippen LogP contribution in [0.1, 0.15) is 37.3 Å². The van der Waals surface area contributed by atoms with Crippen LogP contribution in [0.3, 0.4) is 0 Å². The lowest BCUT2D eigenvalue weighted by molar-refractivity contribution is -0.125. The van der Waals surface area contributed by atoms with Crippen LogP contribution in [0.2, 0.25) is 0 Å². The third-order valence-electron chi connectivity index (χ3n) is 4.56. The van der Waals surface area contributed by atoms with Gasteiger partial charge in [-0.3, -0.25) is 19.3 Å². The normalized spacial score (nSPS) is 13.8. The lowest BCUT2D eigenvalue weighted by atomic mass is 10.0. The van der Waals surface area contributed by atoms with E-state index in [1.807, 2.05) is 24.3 Å². The number of nitrogens with one attached hydrogen (secondary N) is 1. The minimum absolute atomic E-state index is 0.141. The van der Waals surface area contributed by atoms with Gasteiger partial charge in [-0.1, -0.05) is 49.9 Å². The van der Waals surface area contributed by atoms with Gasteiger partial charge in [0, 0.05) is 5.69 Å². The largest absolute Gasteiger partial charge is 0.493 e. The second-order valence-electron chi connectivity index (χ2n) is 7.10. The van der Waals surface area contributed by atoms with Crippen molar-refractivity contribution in [1.29, 1.82) is 0 Å². The minimum atomic E-state index is -0.216. The first-order chi connectivity index (χ1) is 13.9. The van der Waals surface area contributed by atoms with Crippen molar-refractivity contribution < 1.29 is 19.1 Å². The summed E-state index contributed by atoms with van der Waals surface area (Å²) < 4.78 is 5.63. The van der Waals surface area contributed by atoms with Gasteiger partial charge in [0.15, 0.2) is 0 Å². The van der Waals surface area contributed by atoms with Gasteiger partial charge in [0.2, 0.25) is 11.8 Å². The molecule has 152 valence electrons. The number of rotatable bonds is 8. The van der Waals surface area contributed by atoms with Crippen LogP contribution in [0.25, 0.3) is 0 Å². The van der Waals surface area contributed by atoms with E-state index in [0.717, 1.165) is 23.1 Å². The number of anilines is 1. The molecule has 1 saturated heterocycles. The van der Waals surface area contributed by atoms with Crippen molar-refractivity contribution in [2.75, 3.05) is 17.7 Å². The SMILES string of the molecule is CC(C)c1ccc(OCCC(=O)Nc2ccc(CN3C(=O)CSC3=O)cc2)cc1. The predicted octanol–water partition coefficient (Wildman–Crippen LogP) is 4.41. The molecule has 1 N–H and O–H groups in total. The summed E-state index contributed by atoms with van der Waals surface area (Å²) in [6.07, 6.45) is 0.238. The van der Waals surface area contributed by atoms with E-state index >= 15 is 0 Å². The van der Waals surface area contributed by atoms with E-state index < -0.39 is 0 Å². The molecule has 6 nitrogen and oxygen atoms in total. The Balaban J connectivity index is 1.43. The van der Waals surface area contributed by atoms with Crippen LogP contribution in [0.5, 0.6) is 5.75 Å². The summed E-state index contributed by atoms with van der Waals surface area (Å²) in [6.45, 7) is 4.82. The topological polar surface area (TPSA) is 75.7 Å². The van der Waals surface area contributed by atoms with Gasteiger partial charge in [-0.2, -0.15) is 0 Å². The Kier molecular flexibility index (Phi) is 6.93. The third kappa shape index (κ3) is 5.84. The lowest BCUT2D eigenvalue weighted by Crippen LogP contribution is -2.27. The Labute approximate surface area is 174 Å². The Morgan fingerprint density at radius 3 is 2.38 bits per heavy atom. The van der Waals surface area contributed by atoms with Gasteiger partial charge < -0.3 is 10.1 Å². The molecule has 7 heteroatoms. The molecular formula is C22H24N2O4S. The first-order valence-electron chi connectivity index (χ1n) is 9.51. The van der Waals surface area contributed by atoms with Crippen LogP contribution in [0, 0.1) is 0 Å². The van der Waals surface area contributed by atoms with Gasteiger partial charge in [-0.25, -0.2) is 0 Å². The Bertz CT molecular complexity index is 863. The molecule has 29 heavy (non-hydrogen) atoms. The van der Waals surface area contributed by atoms with Gasteiger partial charge >= 0.3 is 0 Å². The second-order valence-corrected chi connectivity index (χ2v) is 8.03. The summed E-state index contributed by atoms with van der Waals surface area (Å²) in [5.41, 5.74) is 2.74. The number of thioether (sulfide) groups is 1. The molecular weight excluding hydrogens is 388 g/mol. The molecule has 2 aromatic carbocycles. The molecule has 0 spiro atoms. The van der Waals surface area contributed by atoms with Crippen molar-refractivity contribution in [2.45, 2.75) is 32.7 Å². The van der Waals surface area contributed by atoms with Crippen LogP contribution < -0.4 is 10.1 Å². The van der Waals surface area contributed by atoms with Crippen LogP contribution in [0.4, 0.5) is 10.5 Å². The van der Waals surface area contributed by atoms with Gasteiger partial charge in [-0.15, -0.1) is 0 Å². The number of carbonyl (C=O) groups is 3. The number of hydrogen-bond acceptors (Lipinski definition) is 5. The van der Waals surface area contributed by atoms with Gasteiger partial charge in [0.1, 0.15) is 5.75 Å². The quantitative estimate of drug-likeness (QED) is 0.695. The second kappa shape index (κ2) is 9.60. The summed E-state index contributed by atoms with van der Waals surface area (Å²) in [5.74, 6) is 1.11. The van der Waals surface area contributed by atoms with E-state index in [9.17, 15) is 14.4 Å². The maximum atomic E-state index is 12.1. The molecule has 3 rings (SSSR count). The summed E-state index contributed by atoms with van der Waals surface area (Å²) >= 11 is 1.02. The number of amides is 3. The summed E-state index contributed by atoms with van der Waals surface area (Å²) in [5, 5.41) is 2.60. The zero-order valence-corrected chi connectivity index (χ0v) is 17.3. The molecule has 0 bridgehead atoms. The zero-order chi connectivity index (χ0) is 20.8. The maximum Gasteiger partial charge on any atom is 0.289 e. The van der Waals surface area contributed by atoms with Gasteiger partial charge in [-0.05, 0) is 41.3 Å². The fourth-order valence-corrected chi connectivity index (χ4v) is 3.57. The van der Waals surface area contributed by atoms with Crippen LogP contribution in [0.15, 0.2) is 48.5 Å². The molecule has 1 heterocycles. The highest BCUT2D eigenvalue weighted by molar-refractivity contribution is 8.14. The lowest BCUT2D eigenvalue weighted by Gasteiger charge is -2.13. The van der Waals surface area contributed by atoms with E-state index in [1.54, 1.807) is 24.3 Å². The predicted molar refractivity (Wildman–Crippen MR) is 114 cm³/mol. The molecule has 0 aliphatic carbocycles. The molecule has 0 saturated carbocycles. The molecule has 3 amide bonds. The van der Waals surface area contributed by atoms with Crippen molar-refractivity contribution in [1.82, 2.24) is 4.90 Å². The number of carbonyl (C=O) groups excluding carboxylic acids is 3. The fraction of sp³-hybridized carbons (Fsp3) is 0.318. The summed E-state index contributed by atoms with van der Waals surface area (Å²) in [4.78, 5) is 36.7. The average Bonchev–Trinajstić information content (AvgIpc) is 3.02. The van der Waals surface area contributed by atoms with Crippen molar-refractivity contribution in [3.8, 4) is 5.75 Å². The van der Waals surface area contributed by atoms with Crippen molar-refractivity contribution >= 4 is 34.5 Å². The number of ether oxygens (including phenoxy) is 1. The molecule has 0 radical (unpaired) electrons.